The molecule has 0 aromatic rings. The highest BCUT2D eigenvalue weighted by Crippen LogP contribution is 2.45. The fourth-order valence-electron chi connectivity index (χ4n) is 13.2. The highest BCUT2D eigenvalue weighted by molar-refractivity contribution is 7.47. The zero-order chi connectivity index (χ0) is 87.9. The lowest BCUT2D eigenvalue weighted by Crippen LogP contribution is -2.30. The average Bonchev–Trinajstić information content (AvgIpc) is 0.964. The van der Waals surface area contributed by atoms with Crippen LogP contribution in [0.3, 0.4) is 0 Å². The molecule has 694 valence electrons. The van der Waals surface area contributed by atoms with Crippen molar-refractivity contribution in [1.82, 2.24) is 0 Å². The molecule has 121 heavy (non-hydrogen) atoms. The number of hydrogen-bond acceptors (Lipinski definition) is 14. The van der Waals surface area contributed by atoms with Gasteiger partial charge in [0.2, 0.25) is 0 Å². The third-order valence-corrected chi connectivity index (χ3v) is 22.3. The van der Waals surface area contributed by atoms with Crippen molar-refractivity contribution in [3.05, 3.63) is 170 Å². The topological polar surface area (TPSA) is 231 Å². The first-order valence-electron chi connectivity index (χ1n) is 48.4. The zero-order valence-corrected chi connectivity index (χ0v) is 78.4. The SMILES string of the molecule is CC/C=C\C/C=C\C/C=C\C/C=C\C/C=C\C/C=C\CCCCCCCCCCCCCCCCC(=O)OCC(COP(=O)(O)OCC(O)COP(=O)(O)OCC(O)COC(=O)CCCCCCCCCCCCCCCCCCCCC/C=C\C/C=C\C/C=C\C/C=C\C/C=C\CC)OC(=O)CCCCCCCCC/C=C\C/C=C\C/C=C\CC. The number of unbranched alkanes of at least 4 members (excludes halogenated alkanes) is 40. The zero-order valence-electron chi connectivity index (χ0n) is 76.6. The van der Waals surface area contributed by atoms with Crippen molar-refractivity contribution >= 4 is 33.6 Å². The summed E-state index contributed by atoms with van der Waals surface area (Å²) < 4.78 is 61.5. The molecule has 0 rings (SSSR count). The van der Waals surface area contributed by atoms with Crippen molar-refractivity contribution < 1.29 is 75.8 Å². The fourth-order valence-corrected chi connectivity index (χ4v) is 14.8. The molecule has 5 atom stereocenters. The summed E-state index contributed by atoms with van der Waals surface area (Å²) >= 11 is 0. The Morgan fingerprint density at radius 3 is 0.653 bits per heavy atom. The second-order valence-electron chi connectivity index (χ2n) is 32.1. The summed E-state index contributed by atoms with van der Waals surface area (Å²) in [5.74, 6) is -1.57. The van der Waals surface area contributed by atoms with Crippen LogP contribution >= 0.6 is 15.6 Å². The molecule has 0 saturated carbocycles. The van der Waals surface area contributed by atoms with Crippen LogP contribution in [0.25, 0.3) is 0 Å². The summed E-state index contributed by atoms with van der Waals surface area (Å²) in [6, 6.07) is 0. The van der Waals surface area contributed by atoms with E-state index < -0.39 is 91.5 Å². The number of aliphatic hydroxyl groups is 2. The van der Waals surface area contributed by atoms with E-state index in [4.69, 9.17) is 32.3 Å². The second-order valence-corrected chi connectivity index (χ2v) is 35.0. The van der Waals surface area contributed by atoms with Gasteiger partial charge in [-0.3, -0.25) is 32.5 Å². The van der Waals surface area contributed by atoms with E-state index in [-0.39, 0.29) is 19.3 Å². The summed E-state index contributed by atoms with van der Waals surface area (Å²) in [5, 5.41) is 20.7. The molecule has 0 aliphatic heterocycles. The number of ether oxygens (including phenoxy) is 3. The number of carbonyl (C=O) groups is 3. The van der Waals surface area contributed by atoms with Gasteiger partial charge < -0.3 is 34.2 Å². The van der Waals surface area contributed by atoms with Crippen LogP contribution in [0.4, 0.5) is 0 Å². The molecular weight excluding hydrogens is 1560 g/mol. The number of carbonyl (C=O) groups excluding carboxylic acids is 3. The number of phosphoric acid groups is 2. The maximum absolute atomic E-state index is 13.1. The van der Waals surface area contributed by atoms with Gasteiger partial charge in [-0.2, -0.15) is 0 Å². The molecule has 0 heterocycles. The Kier molecular flexibility index (Phi) is 90.1. The van der Waals surface area contributed by atoms with Crippen LogP contribution in [0, 0.1) is 0 Å². The summed E-state index contributed by atoms with van der Waals surface area (Å²) in [4.78, 5) is 59.0. The maximum Gasteiger partial charge on any atom is 0.472 e. The summed E-state index contributed by atoms with van der Waals surface area (Å²) in [7, 11) is -9.81. The van der Waals surface area contributed by atoms with E-state index in [0.717, 1.165) is 186 Å². The van der Waals surface area contributed by atoms with Gasteiger partial charge in [0.15, 0.2) is 6.10 Å². The Balaban J connectivity index is 4.46. The Bertz CT molecular complexity index is 2880. The van der Waals surface area contributed by atoms with Crippen LogP contribution in [0.2, 0.25) is 0 Å². The predicted octanol–water partition coefficient (Wildman–Crippen LogP) is 30.2. The minimum absolute atomic E-state index is 0.0910. The number of allylic oxidation sites excluding steroid dienone is 28. The number of esters is 3. The Morgan fingerprint density at radius 1 is 0.231 bits per heavy atom. The Hall–Kier alpha value is -5.09. The largest absolute Gasteiger partial charge is 0.472 e. The van der Waals surface area contributed by atoms with Crippen molar-refractivity contribution in [3.8, 4) is 0 Å². The summed E-state index contributed by atoms with van der Waals surface area (Å²) in [5.41, 5.74) is 0. The first-order valence-corrected chi connectivity index (χ1v) is 51.4. The van der Waals surface area contributed by atoms with Crippen molar-refractivity contribution in [1.29, 1.82) is 0 Å². The molecule has 18 heteroatoms. The maximum atomic E-state index is 13.1. The van der Waals surface area contributed by atoms with E-state index in [1.54, 1.807) is 0 Å². The van der Waals surface area contributed by atoms with Gasteiger partial charge in [-0.15, -0.1) is 0 Å². The molecule has 0 saturated heterocycles. The highest BCUT2D eigenvalue weighted by atomic mass is 31.2. The van der Waals surface area contributed by atoms with Crippen molar-refractivity contribution in [3.63, 3.8) is 0 Å². The van der Waals surface area contributed by atoms with Gasteiger partial charge in [-0.25, -0.2) is 9.13 Å². The molecule has 5 unspecified atom stereocenters. The van der Waals surface area contributed by atoms with E-state index in [1.165, 1.54) is 161 Å². The van der Waals surface area contributed by atoms with Crippen LogP contribution in [0.15, 0.2) is 170 Å². The molecule has 0 spiro atoms. The lowest BCUT2D eigenvalue weighted by molar-refractivity contribution is -0.161. The van der Waals surface area contributed by atoms with Gasteiger partial charge in [0.05, 0.1) is 26.4 Å². The molecule has 4 N–H and O–H groups in total. The second kappa shape index (κ2) is 94.1. The quantitative estimate of drug-likeness (QED) is 0.0146. The molecule has 0 radical (unpaired) electrons. The molecule has 0 fully saturated rings. The smallest absolute Gasteiger partial charge is 0.463 e. The monoisotopic (exact) mass is 1730 g/mol. The van der Waals surface area contributed by atoms with E-state index in [9.17, 15) is 43.5 Å². The van der Waals surface area contributed by atoms with Crippen molar-refractivity contribution in [2.75, 3.05) is 39.6 Å². The van der Waals surface area contributed by atoms with Gasteiger partial charge >= 0.3 is 33.6 Å². The van der Waals surface area contributed by atoms with Crippen molar-refractivity contribution in [2.24, 2.45) is 0 Å². The minimum atomic E-state index is -4.94. The number of rotatable bonds is 91. The van der Waals surface area contributed by atoms with Crippen LogP contribution < -0.4 is 0 Å². The van der Waals surface area contributed by atoms with Gasteiger partial charge in [-0.05, 0) is 148 Å². The fraction of sp³-hybridized carbons (Fsp3) is 0.699. The van der Waals surface area contributed by atoms with Crippen LogP contribution in [-0.2, 0) is 55.8 Å². The average molecular weight is 1730 g/mol. The van der Waals surface area contributed by atoms with Gasteiger partial charge in [-0.1, -0.05) is 409 Å². The van der Waals surface area contributed by atoms with E-state index in [2.05, 4.69) is 191 Å². The minimum Gasteiger partial charge on any atom is -0.463 e. The summed E-state index contributed by atoms with van der Waals surface area (Å²) in [6.45, 7) is 2.39. The molecule has 0 aliphatic rings. The normalized spacial score (nSPS) is 14.5. The first-order chi connectivity index (χ1) is 59.2. The first kappa shape index (κ1) is 116. The molecule has 0 amide bonds. The molecular formula is C103H176O16P2. The molecule has 0 bridgehead atoms. The molecule has 0 aromatic carbocycles. The summed E-state index contributed by atoms with van der Waals surface area (Å²) in [6.07, 6.45) is 123. The highest BCUT2D eigenvalue weighted by Gasteiger charge is 2.30. The predicted molar refractivity (Wildman–Crippen MR) is 509 cm³/mol. The number of aliphatic hydroxyl groups excluding tert-OH is 2. The Labute approximate surface area is 739 Å². The van der Waals surface area contributed by atoms with Crippen LogP contribution in [0.5, 0.6) is 0 Å². The lowest BCUT2D eigenvalue weighted by atomic mass is 10.0. The molecule has 16 nitrogen and oxygen atoms in total. The van der Waals surface area contributed by atoms with E-state index >= 15 is 0 Å². The number of phosphoric ester groups is 2. The van der Waals surface area contributed by atoms with Gasteiger partial charge in [0, 0.05) is 19.3 Å². The van der Waals surface area contributed by atoms with Gasteiger partial charge in [0.1, 0.15) is 25.4 Å². The third kappa shape index (κ3) is 95.4. The lowest BCUT2D eigenvalue weighted by Gasteiger charge is -2.21. The van der Waals surface area contributed by atoms with E-state index in [1.807, 2.05) is 0 Å². The van der Waals surface area contributed by atoms with Crippen molar-refractivity contribution in [2.45, 2.75) is 424 Å². The number of hydrogen-bond donors (Lipinski definition) is 4. The Morgan fingerprint density at radius 2 is 0.413 bits per heavy atom. The van der Waals surface area contributed by atoms with Crippen LogP contribution in [-0.4, -0.2) is 95.9 Å². The standard InChI is InChI=1S/C103H176O16P2/c1-4-7-10-13-16-19-22-25-28-31-33-35-37-39-41-43-45-47-48-50-52-53-55-57-59-61-63-66-68-71-74-77-80-83-86-89-101(106)113-92-98(104)93-115-120(109,110)116-94-99(105)95-117-121(111,112)118-97-100(119-103(108)91-88-85-82-79-76-73-70-65-30-27-24-21-18-15-12-9-6-3)96-114-102(107)90-87-84-81-78-75-72-69-67-64-62-60-58-56-54-51-49-46-44-42-40-38-36-34-32-29-26-23-20-17-14-11-8-5-2/h7-12,16-21,25-30,33-36,39-42,46,49,98-100,104-105H,4-6,13-15,22-24,31-32,37-38,43-45,47-48,50-97H2,1-3H3,(H,109,110)(H,111,112)/b10-7-,11-8-,12-9-,19-16-,20-17-,21-18-,28-25-,29-26-,30-27-,35-33-,36-34-,41-39-,42-40-,49-46-. The third-order valence-electron chi connectivity index (χ3n) is 20.4. The van der Waals surface area contributed by atoms with Gasteiger partial charge in [0.25, 0.3) is 0 Å². The molecule has 0 aromatic heterocycles. The molecule has 0 aliphatic carbocycles. The van der Waals surface area contributed by atoms with Crippen LogP contribution in [0.1, 0.15) is 406 Å². The van der Waals surface area contributed by atoms with E-state index in [0.29, 0.717) is 19.3 Å².